The lowest BCUT2D eigenvalue weighted by Gasteiger charge is -2.05. The number of rotatable bonds is 3. The second kappa shape index (κ2) is 6.81. The SMILES string of the molecule is O=C(Nc1nc(-c2ccc(Cl)cc2)cs1)c1cc(F)c(F)c(F)c1F. The summed E-state index contributed by atoms with van der Waals surface area (Å²) < 4.78 is 53.0. The van der Waals surface area contributed by atoms with Crippen LogP contribution < -0.4 is 5.32 Å². The number of aromatic nitrogens is 1. The van der Waals surface area contributed by atoms with Gasteiger partial charge in [0.1, 0.15) is 0 Å². The normalized spacial score (nSPS) is 10.8. The molecule has 0 radical (unpaired) electrons. The molecule has 0 fully saturated rings. The molecule has 0 aliphatic heterocycles. The van der Waals surface area contributed by atoms with Crippen LogP contribution in [0.3, 0.4) is 0 Å². The van der Waals surface area contributed by atoms with Crippen LogP contribution in [-0.4, -0.2) is 10.9 Å². The predicted molar refractivity (Wildman–Crippen MR) is 86.8 cm³/mol. The summed E-state index contributed by atoms with van der Waals surface area (Å²) in [5, 5.41) is 4.47. The van der Waals surface area contributed by atoms with E-state index in [1.54, 1.807) is 29.6 Å². The monoisotopic (exact) mass is 386 g/mol. The van der Waals surface area contributed by atoms with Crippen molar-refractivity contribution in [3.05, 3.63) is 69.6 Å². The van der Waals surface area contributed by atoms with Crippen LogP contribution in [0.2, 0.25) is 5.02 Å². The van der Waals surface area contributed by atoms with E-state index in [1.807, 2.05) is 0 Å². The highest BCUT2D eigenvalue weighted by molar-refractivity contribution is 7.14. The van der Waals surface area contributed by atoms with Crippen molar-refractivity contribution in [1.82, 2.24) is 4.98 Å². The fraction of sp³-hybridized carbons (Fsp3) is 0. The number of nitrogens with zero attached hydrogens (tertiary/aromatic N) is 1. The predicted octanol–water partition coefficient (Wildman–Crippen LogP) is 5.27. The van der Waals surface area contributed by atoms with Gasteiger partial charge in [-0.15, -0.1) is 11.3 Å². The van der Waals surface area contributed by atoms with E-state index < -0.39 is 34.7 Å². The molecule has 3 aromatic rings. The Morgan fingerprint density at radius 1 is 1.04 bits per heavy atom. The Hall–Kier alpha value is -2.45. The second-order valence-corrected chi connectivity index (χ2v) is 6.14. The zero-order valence-electron chi connectivity index (χ0n) is 12.1. The maximum Gasteiger partial charge on any atom is 0.260 e. The molecule has 0 spiro atoms. The van der Waals surface area contributed by atoms with Crippen LogP contribution in [0.4, 0.5) is 22.7 Å². The minimum absolute atomic E-state index is 0.0829. The first-order valence-electron chi connectivity index (χ1n) is 6.72. The molecule has 0 saturated heterocycles. The van der Waals surface area contributed by atoms with Crippen LogP contribution in [0.15, 0.2) is 35.7 Å². The van der Waals surface area contributed by atoms with Gasteiger partial charge in [-0.2, -0.15) is 0 Å². The third-order valence-corrected chi connectivity index (χ3v) is 4.22. The number of anilines is 1. The molecule has 0 saturated carbocycles. The lowest BCUT2D eigenvalue weighted by molar-refractivity contribution is 0.102. The topological polar surface area (TPSA) is 42.0 Å². The largest absolute Gasteiger partial charge is 0.298 e. The molecule has 9 heteroatoms. The first-order valence-corrected chi connectivity index (χ1v) is 7.98. The van der Waals surface area contributed by atoms with Gasteiger partial charge in [0.05, 0.1) is 11.3 Å². The van der Waals surface area contributed by atoms with Crippen LogP contribution in [0, 0.1) is 23.3 Å². The van der Waals surface area contributed by atoms with Gasteiger partial charge in [0.2, 0.25) is 0 Å². The summed E-state index contributed by atoms with van der Waals surface area (Å²) in [5.41, 5.74) is 0.291. The number of nitrogens with one attached hydrogen (secondary N) is 1. The molecule has 128 valence electrons. The molecule has 1 amide bonds. The van der Waals surface area contributed by atoms with Gasteiger partial charge in [0.25, 0.3) is 5.91 Å². The molecule has 0 aliphatic rings. The van der Waals surface area contributed by atoms with Gasteiger partial charge in [-0.3, -0.25) is 10.1 Å². The number of hydrogen-bond donors (Lipinski definition) is 1. The lowest BCUT2D eigenvalue weighted by atomic mass is 10.1. The molecule has 1 N–H and O–H groups in total. The summed E-state index contributed by atoms with van der Waals surface area (Å²) in [4.78, 5) is 16.1. The minimum Gasteiger partial charge on any atom is -0.298 e. The highest BCUT2D eigenvalue weighted by Crippen LogP contribution is 2.27. The van der Waals surface area contributed by atoms with E-state index in [9.17, 15) is 22.4 Å². The Morgan fingerprint density at radius 3 is 2.40 bits per heavy atom. The number of thiazole rings is 1. The van der Waals surface area contributed by atoms with E-state index in [2.05, 4.69) is 10.3 Å². The van der Waals surface area contributed by atoms with Gasteiger partial charge >= 0.3 is 0 Å². The Morgan fingerprint density at radius 2 is 1.72 bits per heavy atom. The summed E-state index contributed by atoms with van der Waals surface area (Å²) in [6, 6.07) is 7.04. The van der Waals surface area contributed by atoms with Crippen molar-refractivity contribution in [2.24, 2.45) is 0 Å². The minimum atomic E-state index is -2.05. The molecule has 0 aliphatic carbocycles. The van der Waals surface area contributed by atoms with Crippen LogP contribution in [0.1, 0.15) is 10.4 Å². The van der Waals surface area contributed by atoms with E-state index >= 15 is 0 Å². The summed E-state index contributed by atoms with van der Waals surface area (Å²) in [6.07, 6.45) is 0. The van der Waals surface area contributed by atoms with Crippen molar-refractivity contribution in [3.8, 4) is 11.3 Å². The van der Waals surface area contributed by atoms with Gasteiger partial charge in [-0.05, 0) is 18.2 Å². The van der Waals surface area contributed by atoms with E-state index in [-0.39, 0.29) is 11.2 Å². The van der Waals surface area contributed by atoms with Crippen LogP contribution in [-0.2, 0) is 0 Å². The molecule has 3 nitrogen and oxygen atoms in total. The lowest BCUT2D eigenvalue weighted by Crippen LogP contribution is -2.16. The Bertz CT molecular complexity index is 960. The average Bonchev–Trinajstić information content (AvgIpc) is 3.05. The average molecular weight is 387 g/mol. The number of amides is 1. The van der Waals surface area contributed by atoms with Crippen LogP contribution in [0.5, 0.6) is 0 Å². The molecule has 1 aromatic heterocycles. The molecule has 25 heavy (non-hydrogen) atoms. The molecule has 1 heterocycles. The smallest absolute Gasteiger partial charge is 0.260 e. The second-order valence-electron chi connectivity index (χ2n) is 4.85. The van der Waals surface area contributed by atoms with Gasteiger partial charge in [-0.1, -0.05) is 23.7 Å². The summed E-state index contributed by atoms with van der Waals surface area (Å²) in [5.74, 6) is -8.61. The highest BCUT2D eigenvalue weighted by atomic mass is 35.5. The molecule has 3 rings (SSSR count). The third kappa shape index (κ3) is 3.49. The Balaban J connectivity index is 1.84. The molecular weight excluding hydrogens is 380 g/mol. The number of hydrogen-bond acceptors (Lipinski definition) is 3. The van der Waals surface area contributed by atoms with Gasteiger partial charge < -0.3 is 0 Å². The summed E-state index contributed by atoms with van der Waals surface area (Å²) in [6.45, 7) is 0. The number of halogens is 5. The third-order valence-electron chi connectivity index (χ3n) is 3.21. The van der Waals surface area contributed by atoms with Gasteiger partial charge in [-0.25, -0.2) is 22.5 Å². The van der Waals surface area contributed by atoms with Crippen LogP contribution in [0.25, 0.3) is 11.3 Å². The van der Waals surface area contributed by atoms with E-state index in [4.69, 9.17) is 11.6 Å². The molecule has 0 unspecified atom stereocenters. The number of carbonyl (C=O) groups excluding carboxylic acids is 1. The van der Waals surface area contributed by atoms with Crippen molar-refractivity contribution in [1.29, 1.82) is 0 Å². The first-order chi connectivity index (χ1) is 11.9. The van der Waals surface area contributed by atoms with Crippen molar-refractivity contribution < 1.29 is 22.4 Å². The van der Waals surface area contributed by atoms with E-state index in [0.29, 0.717) is 10.7 Å². The quantitative estimate of drug-likeness (QED) is 0.378. The molecular formula is C16H7ClF4N2OS. The molecule has 2 aromatic carbocycles. The Kier molecular flexibility index (Phi) is 4.73. The van der Waals surface area contributed by atoms with Gasteiger partial charge in [0, 0.05) is 16.0 Å². The van der Waals surface area contributed by atoms with Crippen molar-refractivity contribution in [3.63, 3.8) is 0 Å². The van der Waals surface area contributed by atoms with Crippen molar-refractivity contribution >= 4 is 34.0 Å². The zero-order valence-corrected chi connectivity index (χ0v) is 13.7. The van der Waals surface area contributed by atoms with Crippen LogP contribution >= 0.6 is 22.9 Å². The first kappa shape index (κ1) is 17.4. The van der Waals surface area contributed by atoms with Gasteiger partial charge in [0.15, 0.2) is 28.4 Å². The Labute approximate surface area is 147 Å². The molecule has 0 atom stereocenters. The van der Waals surface area contributed by atoms with E-state index in [0.717, 1.165) is 16.9 Å². The maximum absolute atomic E-state index is 13.6. The maximum atomic E-state index is 13.6. The standard InChI is InChI=1S/C16H7ClF4N2OS/c17-8-3-1-7(2-4-8)11-6-25-16(22-11)23-15(24)9-5-10(18)13(20)14(21)12(9)19/h1-6H,(H,22,23,24). The fourth-order valence-electron chi connectivity index (χ4n) is 1.99. The summed E-state index contributed by atoms with van der Waals surface area (Å²) in [7, 11) is 0. The van der Waals surface area contributed by atoms with Crippen molar-refractivity contribution in [2.45, 2.75) is 0 Å². The fourth-order valence-corrected chi connectivity index (χ4v) is 2.83. The molecule has 0 bridgehead atoms. The van der Waals surface area contributed by atoms with E-state index in [1.165, 1.54) is 0 Å². The number of carbonyl (C=O) groups is 1. The summed E-state index contributed by atoms with van der Waals surface area (Å²) >= 11 is 6.82. The highest BCUT2D eigenvalue weighted by Gasteiger charge is 2.23. The number of benzene rings is 2. The zero-order chi connectivity index (χ0) is 18.1. The van der Waals surface area contributed by atoms with Crippen molar-refractivity contribution in [2.75, 3.05) is 5.32 Å².